The lowest BCUT2D eigenvalue weighted by molar-refractivity contribution is 0.0599. The summed E-state index contributed by atoms with van der Waals surface area (Å²) in [4.78, 5) is 24.4. The number of benzene rings is 2. The summed E-state index contributed by atoms with van der Waals surface area (Å²) < 4.78 is 16.3. The zero-order valence-electron chi connectivity index (χ0n) is 18.4. The zero-order valence-corrected chi connectivity index (χ0v) is 19.4. The van der Waals surface area contributed by atoms with Gasteiger partial charge in [-0.25, -0.2) is 9.59 Å². The normalized spacial score (nSPS) is 11.7. The SMILES string of the molecule is COC(=O)c1cc(NC(=O)OCc2ccccc2)cc(C(C)(C)O[Si]C(C)(C)C)c1. The van der Waals surface area contributed by atoms with E-state index in [2.05, 4.69) is 26.1 Å². The second-order valence-electron chi connectivity index (χ2n) is 8.44. The van der Waals surface area contributed by atoms with Crippen molar-refractivity contribution in [2.45, 2.75) is 51.9 Å². The maximum atomic E-state index is 12.3. The van der Waals surface area contributed by atoms with E-state index in [0.717, 1.165) is 11.1 Å². The molecule has 160 valence electrons. The Morgan fingerprint density at radius 1 is 1.00 bits per heavy atom. The van der Waals surface area contributed by atoms with Crippen LogP contribution in [0.3, 0.4) is 0 Å². The minimum Gasteiger partial charge on any atom is -0.465 e. The van der Waals surface area contributed by atoms with Crippen molar-refractivity contribution in [2.24, 2.45) is 0 Å². The van der Waals surface area contributed by atoms with Crippen LogP contribution in [0, 0.1) is 0 Å². The number of anilines is 1. The number of esters is 1. The third-order valence-corrected chi connectivity index (χ3v) is 5.35. The molecule has 2 aromatic rings. The standard InChI is InChI=1S/C23H29NO5Si/c1-22(2,3)30-29-23(4,5)18-12-17(20(25)27-6)13-19(14-18)24-21(26)28-15-16-10-8-7-9-11-16/h7-14H,15H2,1-6H3,(H,24,26). The molecule has 6 nitrogen and oxygen atoms in total. The van der Waals surface area contributed by atoms with Crippen molar-refractivity contribution in [2.75, 3.05) is 12.4 Å². The van der Waals surface area contributed by atoms with Crippen LogP contribution in [0.15, 0.2) is 48.5 Å². The topological polar surface area (TPSA) is 73.9 Å². The van der Waals surface area contributed by atoms with Crippen molar-refractivity contribution in [3.05, 3.63) is 65.2 Å². The van der Waals surface area contributed by atoms with Gasteiger partial charge in [-0.2, -0.15) is 0 Å². The van der Waals surface area contributed by atoms with E-state index in [4.69, 9.17) is 13.9 Å². The Morgan fingerprint density at radius 3 is 2.27 bits per heavy atom. The molecule has 0 unspecified atom stereocenters. The summed E-state index contributed by atoms with van der Waals surface area (Å²) in [5.41, 5.74) is 1.72. The molecule has 2 radical (unpaired) electrons. The van der Waals surface area contributed by atoms with Crippen molar-refractivity contribution in [1.29, 1.82) is 0 Å². The molecule has 0 aliphatic heterocycles. The minimum absolute atomic E-state index is 0.0134. The lowest BCUT2D eigenvalue weighted by atomic mass is 9.95. The van der Waals surface area contributed by atoms with Gasteiger partial charge in [0, 0.05) is 5.69 Å². The molecule has 1 N–H and O–H groups in total. The van der Waals surface area contributed by atoms with Gasteiger partial charge in [0.15, 0.2) is 0 Å². The highest BCUT2D eigenvalue weighted by Crippen LogP contribution is 2.32. The van der Waals surface area contributed by atoms with Gasteiger partial charge in [0.05, 0.1) is 18.3 Å². The second kappa shape index (κ2) is 9.91. The molecular formula is C23H29NO5Si. The number of rotatable bonds is 7. The summed E-state index contributed by atoms with van der Waals surface area (Å²) in [6, 6.07) is 14.5. The molecule has 2 rings (SSSR count). The van der Waals surface area contributed by atoms with Crippen LogP contribution >= 0.6 is 0 Å². The molecule has 30 heavy (non-hydrogen) atoms. The van der Waals surface area contributed by atoms with Crippen molar-refractivity contribution >= 4 is 27.5 Å². The third kappa shape index (κ3) is 7.31. The van der Waals surface area contributed by atoms with Gasteiger partial charge in [0.2, 0.25) is 9.76 Å². The van der Waals surface area contributed by atoms with Gasteiger partial charge < -0.3 is 13.9 Å². The van der Waals surface area contributed by atoms with Crippen LogP contribution in [0.2, 0.25) is 5.04 Å². The van der Waals surface area contributed by atoms with Crippen molar-refractivity contribution in [3.63, 3.8) is 0 Å². The number of amides is 1. The smallest absolute Gasteiger partial charge is 0.411 e. The van der Waals surface area contributed by atoms with E-state index < -0.39 is 17.7 Å². The van der Waals surface area contributed by atoms with Gasteiger partial charge in [-0.3, -0.25) is 5.32 Å². The quantitative estimate of drug-likeness (QED) is 0.479. The number of methoxy groups -OCH3 is 1. The zero-order chi connectivity index (χ0) is 22.4. The highest BCUT2D eigenvalue weighted by molar-refractivity contribution is 6.31. The Balaban J connectivity index is 2.20. The van der Waals surface area contributed by atoms with Crippen LogP contribution in [0.4, 0.5) is 10.5 Å². The van der Waals surface area contributed by atoms with Crippen LogP contribution < -0.4 is 5.32 Å². The monoisotopic (exact) mass is 427 g/mol. The molecule has 0 bridgehead atoms. The lowest BCUT2D eigenvalue weighted by Crippen LogP contribution is -2.28. The second-order valence-corrected chi connectivity index (χ2v) is 10.4. The number of carbonyl (C=O) groups excluding carboxylic acids is 2. The van der Waals surface area contributed by atoms with E-state index >= 15 is 0 Å². The van der Waals surface area contributed by atoms with Gasteiger partial charge in [-0.15, -0.1) is 0 Å². The molecule has 0 aliphatic rings. The van der Waals surface area contributed by atoms with E-state index in [1.165, 1.54) is 7.11 Å². The fourth-order valence-electron chi connectivity index (χ4n) is 2.50. The average Bonchev–Trinajstić information content (AvgIpc) is 2.70. The Kier molecular flexibility index (Phi) is 7.81. The molecule has 0 spiro atoms. The minimum atomic E-state index is -0.667. The van der Waals surface area contributed by atoms with Gasteiger partial charge in [-0.05, 0) is 48.2 Å². The summed E-state index contributed by atoms with van der Waals surface area (Å²) in [7, 11) is 1.58. The number of hydrogen-bond donors (Lipinski definition) is 1. The molecule has 0 heterocycles. The Labute approximate surface area is 180 Å². The van der Waals surface area contributed by atoms with Gasteiger partial charge in [0.1, 0.15) is 6.61 Å². The molecule has 0 atom stereocenters. The fourth-order valence-corrected chi connectivity index (χ4v) is 3.18. The van der Waals surface area contributed by atoms with Crippen molar-refractivity contribution < 1.29 is 23.5 Å². The average molecular weight is 428 g/mol. The van der Waals surface area contributed by atoms with Crippen LogP contribution in [-0.4, -0.2) is 28.9 Å². The van der Waals surface area contributed by atoms with E-state index in [0.29, 0.717) is 11.3 Å². The van der Waals surface area contributed by atoms with Crippen LogP contribution in [0.1, 0.15) is 56.1 Å². The van der Waals surface area contributed by atoms with Gasteiger partial charge in [-0.1, -0.05) is 51.1 Å². The first-order chi connectivity index (χ1) is 14.0. The summed E-state index contributed by atoms with van der Waals surface area (Å²) in [5.74, 6) is -0.494. The fraction of sp³-hybridized carbons (Fsp3) is 0.391. The number of hydrogen-bond acceptors (Lipinski definition) is 5. The number of ether oxygens (including phenoxy) is 2. The first-order valence-corrected chi connectivity index (χ1v) is 10.6. The molecule has 0 aliphatic carbocycles. The van der Waals surface area contributed by atoms with Gasteiger partial charge >= 0.3 is 12.1 Å². The predicted molar refractivity (Wildman–Crippen MR) is 118 cm³/mol. The molecule has 7 heteroatoms. The first-order valence-electron chi connectivity index (χ1n) is 9.67. The van der Waals surface area contributed by atoms with E-state index in [1.807, 2.05) is 44.2 Å². The van der Waals surface area contributed by atoms with E-state index in [9.17, 15) is 9.59 Å². The van der Waals surface area contributed by atoms with Crippen LogP contribution in [-0.2, 0) is 26.1 Å². The maximum Gasteiger partial charge on any atom is 0.411 e. The summed E-state index contributed by atoms with van der Waals surface area (Å²) in [6.45, 7) is 10.3. The highest BCUT2D eigenvalue weighted by atomic mass is 28.2. The van der Waals surface area contributed by atoms with E-state index in [-0.39, 0.29) is 21.4 Å². The largest absolute Gasteiger partial charge is 0.465 e. The number of carbonyl (C=O) groups is 2. The summed E-state index contributed by atoms with van der Waals surface area (Å²) in [5, 5.41) is 2.71. The van der Waals surface area contributed by atoms with Crippen molar-refractivity contribution in [3.8, 4) is 0 Å². The molecule has 0 aromatic heterocycles. The van der Waals surface area contributed by atoms with Gasteiger partial charge in [0.25, 0.3) is 0 Å². The van der Waals surface area contributed by atoms with Crippen LogP contribution in [0.25, 0.3) is 0 Å². The maximum absolute atomic E-state index is 12.3. The summed E-state index contributed by atoms with van der Waals surface area (Å²) >= 11 is 0. The summed E-state index contributed by atoms with van der Waals surface area (Å²) in [6.07, 6.45) is -0.609. The molecule has 0 saturated heterocycles. The predicted octanol–water partition coefficient (Wildman–Crippen LogP) is 5.31. The van der Waals surface area contributed by atoms with Crippen molar-refractivity contribution in [1.82, 2.24) is 0 Å². The van der Waals surface area contributed by atoms with E-state index in [1.54, 1.807) is 18.2 Å². The molecule has 1 amide bonds. The molecular weight excluding hydrogens is 398 g/mol. The first kappa shape index (κ1) is 23.6. The molecule has 0 fully saturated rings. The van der Waals surface area contributed by atoms with Crippen LogP contribution in [0.5, 0.6) is 0 Å². The Bertz CT molecular complexity index is 875. The highest BCUT2D eigenvalue weighted by Gasteiger charge is 2.27. The third-order valence-electron chi connectivity index (χ3n) is 4.12. The number of nitrogens with one attached hydrogen (secondary N) is 1. The molecule has 2 aromatic carbocycles. The molecule has 0 saturated carbocycles. The lowest BCUT2D eigenvalue weighted by Gasteiger charge is -2.30. The Hall–Kier alpha value is -2.64. The Morgan fingerprint density at radius 2 is 1.67 bits per heavy atom.